The molecule has 204 valence electrons. The molecule has 0 spiro atoms. The van der Waals surface area contributed by atoms with E-state index in [0.29, 0.717) is 24.1 Å². The molecule has 5 heteroatoms. The molecule has 5 nitrogen and oxygen atoms in total. The fourth-order valence-corrected chi connectivity index (χ4v) is 6.02. The number of carboxylic acid groups (broad SMARTS) is 1. The van der Waals surface area contributed by atoms with Crippen LogP contribution in [0.15, 0.2) is 108 Å². The lowest BCUT2D eigenvalue weighted by Gasteiger charge is -2.35. The first-order valence-corrected chi connectivity index (χ1v) is 13.8. The largest absolute Gasteiger partial charge is 0.478 e. The van der Waals surface area contributed by atoms with Crippen molar-refractivity contribution in [1.82, 2.24) is 0 Å². The Bertz CT molecular complexity index is 1810. The summed E-state index contributed by atoms with van der Waals surface area (Å²) in [6.07, 6.45) is 7.66. The number of carboxylic acids is 1. The Morgan fingerprint density at radius 3 is 2.46 bits per heavy atom. The Balaban J connectivity index is 0.000000195. The number of hydrogen-bond donors (Lipinski definition) is 2. The zero-order valence-corrected chi connectivity index (χ0v) is 23.1. The average molecular weight is 542 g/mol. The number of carbonyl (C=O) groups excluding carboxylic acids is 1. The summed E-state index contributed by atoms with van der Waals surface area (Å²) in [5.41, 5.74) is 14.7. The van der Waals surface area contributed by atoms with Gasteiger partial charge in [-0.3, -0.25) is 4.79 Å². The van der Waals surface area contributed by atoms with Gasteiger partial charge in [-0.05, 0) is 68.8 Å². The maximum Gasteiger partial charge on any atom is 0.335 e. The first-order chi connectivity index (χ1) is 19.7. The van der Waals surface area contributed by atoms with Crippen molar-refractivity contribution in [2.24, 2.45) is 5.41 Å². The first-order valence-electron chi connectivity index (χ1n) is 13.8. The lowest BCUT2D eigenvalue weighted by Crippen LogP contribution is -2.24. The molecule has 41 heavy (non-hydrogen) atoms. The Labute approximate surface area is 239 Å². The number of carbonyl (C=O) groups is 2. The number of ether oxygens (including phenoxy) is 1. The molecule has 0 saturated heterocycles. The molecular formula is C36H31NO4. The van der Waals surface area contributed by atoms with Crippen molar-refractivity contribution >= 4 is 33.8 Å². The smallest absolute Gasteiger partial charge is 0.335 e. The third kappa shape index (κ3) is 4.84. The lowest BCUT2D eigenvalue weighted by atomic mass is 9.68. The third-order valence-electron chi connectivity index (χ3n) is 8.14. The molecule has 0 aromatic heterocycles. The number of Topliss-reactive ketones (excluding diaryl/α,β-unsaturated/α-hetero) is 1. The monoisotopic (exact) mass is 541 g/mol. The number of nitrogen functional groups attached to an aromatic ring is 1. The zero-order valence-electron chi connectivity index (χ0n) is 23.1. The number of benzene rings is 4. The summed E-state index contributed by atoms with van der Waals surface area (Å²) in [5, 5.41) is 10.8. The van der Waals surface area contributed by atoms with Crippen molar-refractivity contribution in [3.05, 3.63) is 125 Å². The molecular weight excluding hydrogens is 510 g/mol. The highest BCUT2D eigenvalue weighted by Crippen LogP contribution is 2.48. The van der Waals surface area contributed by atoms with Crippen LogP contribution in [-0.2, 0) is 11.2 Å². The third-order valence-corrected chi connectivity index (χ3v) is 8.14. The van der Waals surface area contributed by atoms with E-state index in [0.717, 1.165) is 50.8 Å². The van der Waals surface area contributed by atoms with Crippen molar-refractivity contribution in [2.75, 3.05) is 5.73 Å². The highest BCUT2D eigenvalue weighted by atomic mass is 16.5. The van der Waals surface area contributed by atoms with E-state index in [1.807, 2.05) is 54.6 Å². The summed E-state index contributed by atoms with van der Waals surface area (Å²) in [6.45, 7) is 4.47. The van der Waals surface area contributed by atoms with Crippen LogP contribution >= 0.6 is 0 Å². The first kappa shape index (κ1) is 26.3. The average Bonchev–Trinajstić information content (AvgIpc) is 2.97. The van der Waals surface area contributed by atoms with Crippen LogP contribution in [0.5, 0.6) is 5.75 Å². The van der Waals surface area contributed by atoms with Gasteiger partial charge in [0.1, 0.15) is 12.0 Å². The van der Waals surface area contributed by atoms with Crippen LogP contribution in [0.4, 0.5) is 5.69 Å². The number of rotatable bonds is 2. The second kappa shape index (κ2) is 10.3. The molecule has 0 radical (unpaired) electrons. The standard InChI is InChI=1S/C26H23NO.C10H8O3/c1-26(2)12-6-9-19-20-11-10-17-13-18(27)14-21(16-7-4-3-5-8-16)24(17)25(20)23(28)15-22(19)26;11-10(12)8-5-7-3-1-2-4-9(7)13-6-8/h3-11,13-14H,12,15,27H2,1-2H3;1-4,6H,5H2,(H,11,12). The number of aliphatic carboxylic acids is 1. The quantitative estimate of drug-likeness (QED) is 0.251. The van der Waals surface area contributed by atoms with E-state index in [1.54, 1.807) is 0 Å². The van der Waals surface area contributed by atoms with Crippen LogP contribution in [0, 0.1) is 5.41 Å². The molecule has 0 unspecified atom stereocenters. The molecule has 0 bridgehead atoms. The molecule has 7 rings (SSSR count). The maximum absolute atomic E-state index is 13.4. The highest BCUT2D eigenvalue weighted by molar-refractivity contribution is 6.19. The van der Waals surface area contributed by atoms with E-state index in [4.69, 9.17) is 15.6 Å². The van der Waals surface area contributed by atoms with Gasteiger partial charge in [0, 0.05) is 29.5 Å². The van der Waals surface area contributed by atoms with Crippen LogP contribution in [0.25, 0.3) is 27.5 Å². The number of nitrogens with two attached hydrogens (primary N) is 1. The minimum atomic E-state index is -0.922. The fraction of sp³-hybridized carbons (Fsp3) is 0.167. The normalized spacial score (nSPS) is 16.4. The molecule has 0 amide bonds. The van der Waals surface area contributed by atoms with Gasteiger partial charge in [-0.2, -0.15) is 0 Å². The van der Waals surface area contributed by atoms with Crippen LogP contribution in [-0.4, -0.2) is 16.9 Å². The summed E-state index contributed by atoms with van der Waals surface area (Å²) in [4.78, 5) is 24.0. The van der Waals surface area contributed by atoms with Gasteiger partial charge in [0.05, 0.1) is 5.57 Å². The van der Waals surface area contributed by atoms with Crippen molar-refractivity contribution in [2.45, 2.75) is 33.1 Å². The molecule has 0 atom stereocenters. The highest BCUT2D eigenvalue weighted by Gasteiger charge is 2.35. The van der Waals surface area contributed by atoms with E-state index in [1.165, 1.54) is 17.4 Å². The summed E-state index contributed by atoms with van der Waals surface area (Å²) >= 11 is 0. The van der Waals surface area contributed by atoms with Crippen LogP contribution in [0.2, 0.25) is 0 Å². The van der Waals surface area contributed by atoms with Gasteiger partial charge in [-0.25, -0.2) is 4.79 Å². The van der Waals surface area contributed by atoms with Gasteiger partial charge in [0.15, 0.2) is 5.78 Å². The van der Waals surface area contributed by atoms with Gasteiger partial charge in [-0.15, -0.1) is 0 Å². The van der Waals surface area contributed by atoms with Crippen molar-refractivity contribution in [3.8, 4) is 16.9 Å². The Morgan fingerprint density at radius 2 is 1.68 bits per heavy atom. The second-order valence-corrected chi connectivity index (χ2v) is 11.4. The van der Waals surface area contributed by atoms with E-state index < -0.39 is 5.97 Å². The predicted octanol–water partition coefficient (Wildman–Crippen LogP) is 8.01. The van der Waals surface area contributed by atoms with E-state index in [2.05, 4.69) is 50.3 Å². The zero-order chi connectivity index (χ0) is 28.7. The number of hydrogen-bond acceptors (Lipinski definition) is 4. The SMILES string of the molecule is CC1(C)CC=CC2=C1CC(=O)c1c2ccc2cc(N)cc(-c3ccccc3)c12.O=C(O)C1=COc2ccccc2C1. The topological polar surface area (TPSA) is 89.6 Å². The number of ketones is 1. The predicted molar refractivity (Wildman–Crippen MR) is 164 cm³/mol. The molecule has 1 aliphatic heterocycles. The summed E-state index contributed by atoms with van der Waals surface area (Å²) in [6, 6.07) is 25.8. The molecule has 3 N–H and O–H groups in total. The number of allylic oxidation sites excluding steroid dienone is 4. The fourth-order valence-electron chi connectivity index (χ4n) is 6.02. The Kier molecular flexibility index (Phi) is 6.58. The number of anilines is 1. The molecule has 4 aromatic rings. The summed E-state index contributed by atoms with van der Waals surface area (Å²) in [5.74, 6) is 0.0340. The van der Waals surface area contributed by atoms with E-state index in [-0.39, 0.29) is 11.2 Å². The minimum Gasteiger partial charge on any atom is -0.478 e. The van der Waals surface area contributed by atoms with Gasteiger partial charge in [0.2, 0.25) is 0 Å². The Hall–Kier alpha value is -4.90. The molecule has 3 aliphatic rings. The maximum atomic E-state index is 13.4. The van der Waals surface area contributed by atoms with E-state index in [9.17, 15) is 9.59 Å². The van der Waals surface area contributed by atoms with Gasteiger partial charge in [0.25, 0.3) is 0 Å². The molecule has 2 aliphatic carbocycles. The van der Waals surface area contributed by atoms with Crippen LogP contribution in [0.1, 0.15) is 48.2 Å². The molecule has 4 aromatic carbocycles. The summed E-state index contributed by atoms with van der Waals surface area (Å²) < 4.78 is 5.15. The lowest BCUT2D eigenvalue weighted by molar-refractivity contribution is -0.132. The molecule has 0 fully saturated rings. The minimum absolute atomic E-state index is 0.0236. The van der Waals surface area contributed by atoms with E-state index >= 15 is 0 Å². The van der Waals surface area contributed by atoms with Crippen molar-refractivity contribution in [1.29, 1.82) is 0 Å². The van der Waals surface area contributed by atoms with Crippen molar-refractivity contribution in [3.63, 3.8) is 0 Å². The summed E-state index contributed by atoms with van der Waals surface area (Å²) in [7, 11) is 0. The number of para-hydroxylation sites is 1. The van der Waals surface area contributed by atoms with Gasteiger partial charge < -0.3 is 15.6 Å². The molecule has 1 heterocycles. The van der Waals surface area contributed by atoms with Gasteiger partial charge in [-0.1, -0.05) is 86.7 Å². The van der Waals surface area contributed by atoms with Crippen LogP contribution in [0.3, 0.4) is 0 Å². The van der Waals surface area contributed by atoms with Gasteiger partial charge >= 0.3 is 5.97 Å². The van der Waals surface area contributed by atoms with Crippen molar-refractivity contribution < 1.29 is 19.4 Å². The Morgan fingerprint density at radius 1 is 0.927 bits per heavy atom. The molecule has 0 saturated carbocycles. The number of fused-ring (bicyclic) bond motifs is 5. The van der Waals surface area contributed by atoms with Crippen LogP contribution < -0.4 is 10.5 Å². The second-order valence-electron chi connectivity index (χ2n) is 11.4.